The van der Waals surface area contributed by atoms with Gasteiger partial charge in [0.05, 0.1) is 23.4 Å². The number of carbonyl (C=O) groups is 4. The van der Waals surface area contributed by atoms with Gasteiger partial charge in [-0.1, -0.05) is 11.6 Å². The van der Waals surface area contributed by atoms with Gasteiger partial charge in [-0.15, -0.1) is 0 Å². The number of halogens is 1. The number of nitrogens with zero attached hydrogens (tertiary/aromatic N) is 2. The van der Waals surface area contributed by atoms with E-state index in [0.717, 1.165) is 6.29 Å². The summed E-state index contributed by atoms with van der Waals surface area (Å²) in [6.45, 7) is 1.73. The monoisotopic (exact) mass is 407 g/mol. The topological polar surface area (TPSA) is 96.0 Å². The SMILES string of the molecule is O=CCCOC1CCN(C(=O)c2ccc(Cl)c(N3CCC(=O)NC3=O)c2)CC1. The van der Waals surface area contributed by atoms with Crippen molar-refractivity contribution in [1.82, 2.24) is 10.2 Å². The van der Waals surface area contributed by atoms with Crippen molar-refractivity contribution >= 4 is 41.4 Å². The van der Waals surface area contributed by atoms with Gasteiger partial charge < -0.3 is 14.4 Å². The van der Waals surface area contributed by atoms with Crippen LogP contribution in [0.3, 0.4) is 0 Å². The third-order valence-electron chi connectivity index (χ3n) is 4.86. The van der Waals surface area contributed by atoms with Crippen LogP contribution in [-0.2, 0) is 14.3 Å². The van der Waals surface area contributed by atoms with Crippen molar-refractivity contribution in [3.8, 4) is 0 Å². The molecule has 1 aromatic rings. The second kappa shape index (κ2) is 9.16. The van der Waals surface area contributed by atoms with E-state index in [2.05, 4.69) is 5.32 Å². The predicted octanol–water partition coefficient (Wildman–Crippen LogP) is 2.00. The molecule has 0 bridgehead atoms. The lowest BCUT2D eigenvalue weighted by Crippen LogP contribution is -2.49. The number of ether oxygens (including phenoxy) is 1. The first kappa shape index (κ1) is 20.3. The van der Waals surface area contributed by atoms with E-state index in [1.54, 1.807) is 23.1 Å². The first-order chi connectivity index (χ1) is 13.5. The Kier molecular flexibility index (Phi) is 6.64. The molecule has 28 heavy (non-hydrogen) atoms. The van der Waals surface area contributed by atoms with E-state index >= 15 is 0 Å². The molecular formula is C19H22ClN3O5. The van der Waals surface area contributed by atoms with Crippen LogP contribution in [0, 0.1) is 0 Å². The summed E-state index contributed by atoms with van der Waals surface area (Å²) in [5, 5.41) is 2.59. The first-order valence-electron chi connectivity index (χ1n) is 9.25. The van der Waals surface area contributed by atoms with Crippen LogP contribution in [0.4, 0.5) is 10.5 Å². The molecule has 0 atom stereocenters. The van der Waals surface area contributed by atoms with E-state index in [-0.39, 0.29) is 30.9 Å². The molecule has 9 heteroatoms. The molecule has 8 nitrogen and oxygen atoms in total. The highest BCUT2D eigenvalue weighted by Crippen LogP contribution is 2.29. The lowest BCUT2D eigenvalue weighted by atomic mass is 10.1. The minimum absolute atomic E-state index is 0.0550. The number of hydrogen-bond acceptors (Lipinski definition) is 5. The van der Waals surface area contributed by atoms with E-state index in [1.165, 1.54) is 4.90 Å². The summed E-state index contributed by atoms with van der Waals surface area (Å²) in [7, 11) is 0. The maximum Gasteiger partial charge on any atom is 0.328 e. The molecule has 3 rings (SSSR count). The van der Waals surface area contributed by atoms with Gasteiger partial charge in [0.25, 0.3) is 5.91 Å². The number of likely N-dealkylation sites (tertiary alicyclic amines) is 1. The maximum atomic E-state index is 12.9. The normalized spacial score (nSPS) is 18.2. The number of carbonyl (C=O) groups excluding carboxylic acids is 4. The van der Waals surface area contributed by atoms with E-state index in [0.29, 0.717) is 55.2 Å². The van der Waals surface area contributed by atoms with Crippen molar-refractivity contribution in [3.63, 3.8) is 0 Å². The molecular weight excluding hydrogens is 386 g/mol. The Balaban J connectivity index is 1.66. The van der Waals surface area contributed by atoms with Crippen LogP contribution in [0.1, 0.15) is 36.0 Å². The third kappa shape index (κ3) is 4.69. The van der Waals surface area contributed by atoms with Crippen molar-refractivity contribution in [1.29, 1.82) is 0 Å². The van der Waals surface area contributed by atoms with Crippen molar-refractivity contribution in [3.05, 3.63) is 28.8 Å². The summed E-state index contributed by atoms with van der Waals surface area (Å²) < 4.78 is 5.63. The zero-order valence-corrected chi connectivity index (χ0v) is 16.1. The number of amides is 4. The number of imide groups is 1. The number of rotatable bonds is 6. The minimum atomic E-state index is -0.545. The van der Waals surface area contributed by atoms with E-state index in [9.17, 15) is 19.2 Å². The molecule has 1 aromatic carbocycles. The lowest BCUT2D eigenvalue weighted by Gasteiger charge is -2.32. The summed E-state index contributed by atoms with van der Waals surface area (Å²) in [5.74, 6) is -0.472. The molecule has 2 aliphatic heterocycles. The molecule has 0 unspecified atom stereocenters. The van der Waals surface area contributed by atoms with Crippen molar-refractivity contribution < 1.29 is 23.9 Å². The van der Waals surface area contributed by atoms with Crippen LogP contribution in [0.25, 0.3) is 0 Å². The lowest BCUT2D eigenvalue weighted by molar-refractivity contribution is -0.120. The fraction of sp³-hybridized carbons (Fsp3) is 0.474. The van der Waals surface area contributed by atoms with Gasteiger partial charge in [0.2, 0.25) is 5.91 Å². The van der Waals surface area contributed by atoms with Crippen LogP contribution in [-0.4, -0.2) is 61.4 Å². The molecule has 0 spiro atoms. The predicted molar refractivity (Wildman–Crippen MR) is 103 cm³/mol. The summed E-state index contributed by atoms with van der Waals surface area (Å²) in [6, 6.07) is 4.26. The van der Waals surface area contributed by atoms with Gasteiger partial charge >= 0.3 is 6.03 Å². The molecule has 2 aliphatic rings. The summed E-state index contributed by atoms with van der Waals surface area (Å²) in [5.41, 5.74) is 0.842. The number of benzene rings is 1. The summed E-state index contributed by atoms with van der Waals surface area (Å²) in [6.07, 6.45) is 2.86. The first-order valence-corrected chi connectivity index (χ1v) is 9.63. The molecule has 4 amide bonds. The van der Waals surface area contributed by atoms with Gasteiger partial charge in [-0.05, 0) is 31.0 Å². The van der Waals surface area contributed by atoms with Gasteiger partial charge in [0.1, 0.15) is 6.29 Å². The average Bonchev–Trinajstić information content (AvgIpc) is 2.69. The number of anilines is 1. The molecule has 0 saturated carbocycles. The highest BCUT2D eigenvalue weighted by atomic mass is 35.5. The Hall–Kier alpha value is -2.45. The third-order valence-corrected chi connectivity index (χ3v) is 5.18. The smallest absolute Gasteiger partial charge is 0.328 e. The van der Waals surface area contributed by atoms with Gasteiger partial charge in [0, 0.05) is 38.0 Å². The highest BCUT2D eigenvalue weighted by molar-refractivity contribution is 6.34. The second-order valence-corrected chi connectivity index (χ2v) is 7.15. The Labute approximate surface area is 167 Å². The van der Waals surface area contributed by atoms with Crippen LogP contribution < -0.4 is 10.2 Å². The van der Waals surface area contributed by atoms with Crippen LogP contribution in [0.2, 0.25) is 5.02 Å². The van der Waals surface area contributed by atoms with E-state index in [4.69, 9.17) is 16.3 Å². The largest absolute Gasteiger partial charge is 0.378 e. The van der Waals surface area contributed by atoms with Crippen LogP contribution in [0.15, 0.2) is 18.2 Å². The number of aldehydes is 1. The molecule has 150 valence electrons. The number of piperidine rings is 1. The zero-order chi connectivity index (χ0) is 20.1. The molecule has 0 radical (unpaired) electrons. The van der Waals surface area contributed by atoms with E-state index in [1.807, 2.05) is 0 Å². The number of urea groups is 1. The molecule has 0 aromatic heterocycles. The average molecular weight is 408 g/mol. The Morgan fingerprint density at radius 1 is 1.25 bits per heavy atom. The Morgan fingerprint density at radius 2 is 2.00 bits per heavy atom. The van der Waals surface area contributed by atoms with Gasteiger partial charge in [-0.3, -0.25) is 19.8 Å². The molecule has 0 aliphatic carbocycles. The van der Waals surface area contributed by atoms with Crippen molar-refractivity contribution in [2.75, 3.05) is 31.1 Å². The number of nitrogens with one attached hydrogen (secondary N) is 1. The standard InChI is InChI=1S/C19H22ClN3O5/c20-15-3-2-13(12-16(15)23-9-6-17(25)21-19(23)27)18(26)22-7-4-14(5-8-22)28-11-1-10-24/h2-3,10,12,14H,1,4-9,11H2,(H,21,25,27). The summed E-state index contributed by atoms with van der Waals surface area (Å²) >= 11 is 6.23. The number of hydrogen-bond donors (Lipinski definition) is 1. The fourth-order valence-corrected chi connectivity index (χ4v) is 3.56. The second-order valence-electron chi connectivity index (χ2n) is 6.74. The molecule has 2 heterocycles. The zero-order valence-electron chi connectivity index (χ0n) is 15.4. The van der Waals surface area contributed by atoms with Crippen LogP contribution in [0.5, 0.6) is 0 Å². The maximum absolute atomic E-state index is 12.9. The Bertz CT molecular complexity index is 777. The quantitative estimate of drug-likeness (QED) is 0.574. The van der Waals surface area contributed by atoms with Gasteiger partial charge in [-0.25, -0.2) is 4.79 Å². The Morgan fingerprint density at radius 3 is 2.68 bits per heavy atom. The molecule has 1 N–H and O–H groups in total. The van der Waals surface area contributed by atoms with Gasteiger partial charge in [-0.2, -0.15) is 0 Å². The van der Waals surface area contributed by atoms with Crippen molar-refractivity contribution in [2.24, 2.45) is 0 Å². The highest BCUT2D eigenvalue weighted by Gasteiger charge is 2.28. The molecule has 2 fully saturated rings. The fourth-order valence-electron chi connectivity index (χ4n) is 3.34. The minimum Gasteiger partial charge on any atom is -0.378 e. The van der Waals surface area contributed by atoms with Crippen LogP contribution >= 0.6 is 11.6 Å². The van der Waals surface area contributed by atoms with Crippen molar-refractivity contribution in [2.45, 2.75) is 31.8 Å². The van der Waals surface area contributed by atoms with Gasteiger partial charge in [0.15, 0.2) is 0 Å². The molecule has 2 saturated heterocycles. The summed E-state index contributed by atoms with van der Waals surface area (Å²) in [4.78, 5) is 49.8. The van der Waals surface area contributed by atoms with E-state index < -0.39 is 6.03 Å².